The van der Waals surface area contributed by atoms with Gasteiger partial charge in [0.2, 0.25) is 0 Å². The lowest BCUT2D eigenvalue weighted by Gasteiger charge is -2.19. The number of nitrogens with zero attached hydrogens (tertiary/aromatic N) is 1. The van der Waals surface area contributed by atoms with Gasteiger partial charge < -0.3 is 19.7 Å². The topological polar surface area (TPSA) is 67.9 Å². The lowest BCUT2D eigenvalue weighted by Crippen LogP contribution is -2.34. The second-order valence-corrected chi connectivity index (χ2v) is 7.05. The van der Waals surface area contributed by atoms with Crippen molar-refractivity contribution in [3.05, 3.63) is 52.5 Å². The Morgan fingerprint density at radius 1 is 1.10 bits per heavy atom. The van der Waals surface area contributed by atoms with Crippen molar-refractivity contribution in [2.75, 3.05) is 25.0 Å². The normalized spacial score (nSPS) is 11.5. The predicted molar refractivity (Wildman–Crippen MR) is 115 cm³/mol. The van der Waals surface area contributed by atoms with E-state index in [9.17, 15) is 9.59 Å². The molecule has 1 N–H and O–H groups in total. The average Bonchev–Trinajstić information content (AvgIpc) is 2.68. The minimum absolute atomic E-state index is 0.0996. The van der Waals surface area contributed by atoms with E-state index in [1.54, 1.807) is 54.3 Å². The van der Waals surface area contributed by atoms with Crippen LogP contribution in [0.4, 0.5) is 5.69 Å². The molecule has 0 spiro atoms. The third kappa shape index (κ3) is 6.84. The number of rotatable bonds is 9. The Morgan fingerprint density at radius 2 is 1.83 bits per heavy atom. The smallest absolute Gasteiger partial charge is 0.265 e. The minimum Gasteiger partial charge on any atom is -0.482 e. The lowest BCUT2D eigenvalue weighted by atomic mass is 10.2. The summed E-state index contributed by atoms with van der Waals surface area (Å²) in [6, 6.07) is 11.6. The Hall–Kier alpha value is -2.44. The number of anilines is 1. The first kappa shape index (κ1) is 22.8. The van der Waals surface area contributed by atoms with E-state index in [4.69, 9.17) is 32.7 Å². The van der Waals surface area contributed by atoms with E-state index in [0.717, 1.165) is 0 Å². The third-order valence-electron chi connectivity index (χ3n) is 4.14. The van der Waals surface area contributed by atoms with Crippen LogP contribution < -0.4 is 14.8 Å². The number of amides is 2. The molecule has 2 aromatic rings. The highest BCUT2D eigenvalue weighted by Gasteiger charge is 2.16. The van der Waals surface area contributed by atoms with Gasteiger partial charge in [-0.25, -0.2) is 0 Å². The molecule has 0 aliphatic rings. The third-order valence-corrected chi connectivity index (χ3v) is 4.68. The summed E-state index contributed by atoms with van der Waals surface area (Å²) in [6.07, 6.45) is -0.741. The quantitative estimate of drug-likeness (QED) is 0.618. The largest absolute Gasteiger partial charge is 0.482 e. The molecule has 0 saturated heterocycles. The van der Waals surface area contributed by atoms with Gasteiger partial charge in [0, 0.05) is 23.8 Å². The summed E-state index contributed by atoms with van der Waals surface area (Å²) in [6.45, 7) is 6.58. The molecule has 0 bridgehead atoms. The van der Waals surface area contributed by atoms with Gasteiger partial charge in [-0.3, -0.25) is 9.59 Å². The predicted octanol–water partition coefficient (Wildman–Crippen LogP) is 4.65. The number of likely N-dealkylation sites (N-methyl/N-ethyl adjacent to an activating group) is 1. The number of nitrogens with one attached hydrogen (secondary N) is 1. The Kier molecular flexibility index (Phi) is 8.61. The van der Waals surface area contributed by atoms with Crippen molar-refractivity contribution in [1.82, 2.24) is 4.90 Å². The molecule has 0 saturated carbocycles. The van der Waals surface area contributed by atoms with Gasteiger partial charge in [0.25, 0.3) is 11.8 Å². The number of halogens is 2. The zero-order valence-corrected chi connectivity index (χ0v) is 18.1. The molecule has 29 heavy (non-hydrogen) atoms. The number of hydrogen-bond donors (Lipinski definition) is 1. The van der Waals surface area contributed by atoms with Crippen LogP contribution in [0.1, 0.15) is 20.8 Å². The van der Waals surface area contributed by atoms with Crippen LogP contribution in [0.3, 0.4) is 0 Å². The Balaban J connectivity index is 1.93. The van der Waals surface area contributed by atoms with Crippen molar-refractivity contribution in [2.45, 2.75) is 26.9 Å². The molecule has 2 amide bonds. The molecule has 1 atom stereocenters. The molecule has 156 valence electrons. The van der Waals surface area contributed by atoms with Crippen LogP contribution in [-0.2, 0) is 9.59 Å². The Bertz CT molecular complexity index is 856. The van der Waals surface area contributed by atoms with Gasteiger partial charge in [0.05, 0.1) is 5.02 Å². The second kappa shape index (κ2) is 10.9. The van der Waals surface area contributed by atoms with Crippen LogP contribution >= 0.6 is 23.2 Å². The van der Waals surface area contributed by atoms with Crippen molar-refractivity contribution in [1.29, 1.82) is 0 Å². The molecular weight excluding hydrogens is 415 g/mol. The van der Waals surface area contributed by atoms with E-state index in [2.05, 4.69) is 5.32 Å². The van der Waals surface area contributed by atoms with Crippen molar-refractivity contribution >= 4 is 40.7 Å². The monoisotopic (exact) mass is 438 g/mol. The van der Waals surface area contributed by atoms with Gasteiger partial charge in [-0.2, -0.15) is 0 Å². The van der Waals surface area contributed by atoms with Gasteiger partial charge in [-0.15, -0.1) is 0 Å². The molecule has 0 aliphatic carbocycles. The van der Waals surface area contributed by atoms with Gasteiger partial charge in [-0.1, -0.05) is 29.3 Å². The summed E-state index contributed by atoms with van der Waals surface area (Å²) in [4.78, 5) is 26.1. The number of ether oxygens (including phenoxy) is 2. The summed E-state index contributed by atoms with van der Waals surface area (Å²) in [5.41, 5.74) is 0.490. The molecule has 6 nitrogen and oxygen atoms in total. The van der Waals surface area contributed by atoms with Crippen LogP contribution in [0.2, 0.25) is 10.0 Å². The first-order valence-electron chi connectivity index (χ1n) is 9.27. The maximum Gasteiger partial charge on any atom is 0.265 e. The fourth-order valence-corrected chi connectivity index (χ4v) is 2.96. The number of carbonyl (C=O) groups excluding carboxylic acids is 2. The summed E-state index contributed by atoms with van der Waals surface area (Å²) in [7, 11) is 0. The van der Waals surface area contributed by atoms with E-state index >= 15 is 0 Å². The molecule has 8 heteroatoms. The summed E-state index contributed by atoms with van der Waals surface area (Å²) in [5.74, 6) is 0.412. The SMILES string of the molecule is CCN(CC)C(=O)COc1ccc(NC(=O)C(C)Oc2cccc(Cl)c2)cc1Cl. The molecule has 1 unspecified atom stereocenters. The van der Waals surface area contributed by atoms with Crippen molar-refractivity contribution in [3.63, 3.8) is 0 Å². The summed E-state index contributed by atoms with van der Waals surface area (Å²) < 4.78 is 11.1. The lowest BCUT2D eigenvalue weighted by molar-refractivity contribution is -0.133. The molecule has 0 aromatic heterocycles. The first-order chi connectivity index (χ1) is 13.8. The molecule has 2 rings (SSSR count). The van der Waals surface area contributed by atoms with Crippen molar-refractivity contribution in [2.24, 2.45) is 0 Å². The van der Waals surface area contributed by atoms with Gasteiger partial charge in [0.15, 0.2) is 12.7 Å². The fourth-order valence-electron chi connectivity index (χ4n) is 2.54. The zero-order valence-electron chi connectivity index (χ0n) is 16.6. The van der Waals surface area contributed by atoms with Crippen LogP contribution in [0.25, 0.3) is 0 Å². The van der Waals surface area contributed by atoms with Crippen molar-refractivity contribution < 1.29 is 19.1 Å². The number of carbonyl (C=O) groups is 2. The van der Waals surface area contributed by atoms with Crippen LogP contribution in [0.15, 0.2) is 42.5 Å². The van der Waals surface area contributed by atoms with E-state index in [-0.39, 0.29) is 18.4 Å². The standard InChI is InChI=1S/C21H24Cl2N2O4/c1-4-25(5-2)20(26)13-28-19-10-9-16(12-18(19)23)24-21(27)14(3)29-17-8-6-7-15(22)11-17/h6-12,14H,4-5,13H2,1-3H3,(H,24,27). The maximum absolute atomic E-state index is 12.4. The van der Waals surface area contributed by atoms with E-state index in [1.807, 2.05) is 13.8 Å². The summed E-state index contributed by atoms with van der Waals surface area (Å²) in [5, 5.41) is 3.55. The maximum atomic E-state index is 12.4. The molecule has 0 aliphatic heterocycles. The van der Waals surface area contributed by atoms with Crippen molar-refractivity contribution in [3.8, 4) is 11.5 Å². The van der Waals surface area contributed by atoms with E-state index in [1.165, 1.54) is 0 Å². The number of benzene rings is 2. The molecular formula is C21H24Cl2N2O4. The average molecular weight is 439 g/mol. The molecule has 0 heterocycles. The molecule has 2 aromatic carbocycles. The highest BCUT2D eigenvalue weighted by molar-refractivity contribution is 6.32. The van der Waals surface area contributed by atoms with E-state index in [0.29, 0.717) is 40.3 Å². The first-order valence-corrected chi connectivity index (χ1v) is 10.0. The van der Waals surface area contributed by atoms with E-state index < -0.39 is 6.10 Å². The minimum atomic E-state index is -0.741. The van der Waals surface area contributed by atoms with Crippen LogP contribution in [-0.4, -0.2) is 42.5 Å². The van der Waals surface area contributed by atoms with Crippen LogP contribution in [0, 0.1) is 0 Å². The summed E-state index contributed by atoms with van der Waals surface area (Å²) >= 11 is 12.1. The Labute approximate surface area is 180 Å². The molecule has 0 fully saturated rings. The molecule has 0 radical (unpaired) electrons. The number of hydrogen-bond acceptors (Lipinski definition) is 4. The van der Waals surface area contributed by atoms with Gasteiger partial charge in [0.1, 0.15) is 11.5 Å². The fraction of sp³-hybridized carbons (Fsp3) is 0.333. The highest BCUT2D eigenvalue weighted by atomic mass is 35.5. The highest BCUT2D eigenvalue weighted by Crippen LogP contribution is 2.28. The Morgan fingerprint density at radius 3 is 2.45 bits per heavy atom. The van der Waals surface area contributed by atoms with Crippen LogP contribution in [0.5, 0.6) is 11.5 Å². The zero-order chi connectivity index (χ0) is 21.4. The second-order valence-electron chi connectivity index (χ2n) is 6.21. The van der Waals surface area contributed by atoms with Gasteiger partial charge in [-0.05, 0) is 57.2 Å². The van der Waals surface area contributed by atoms with Gasteiger partial charge >= 0.3 is 0 Å².